The van der Waals surface area contributed by atoms with Crippen molar-refractivity contribution in [2.45, 2.75) is 18.8 Å². The molecule has 0 fully saturated rings. The maximum Gasteiger partial charge on any atom is 0.419 e. The molecular weight excluding hydrogens is 160 g/mol. The Morgan fingerprint density at radius 2 is 1.90 bits per heavy atom. The summed E-state index contributed by atoms with van der Waals surface area (Å²) in [6.07, 6.45) is 0. The Labute approximate surface area is 58.7 Å². The standard InChI is InChI=1S/C4H7O5S/c1-4(2,9-3-5)10(6,7)8/h1-2H3,(H,6,7,8). The van der Waals surface area contributed by atoms with Crippen molar-refractivity contribution in [1.29, 1.82) is 0 Å². The SMILES string of the molecule is CC(C)(O[C]=O)S(=O)(=O)O. The van der Waals surface area contributed by atoms with E-state index in [2.05, 4.69) is 4.74 Å². The van der Waals surface area contributed by atoms with Gasteiger partial charge in [-0.15, -0.1) is 0 Å². The molecule has 0 saturated heterocycles. The minimum absolute atomic E-state index is 0.925. The van der Waals surface area contributed by atoms with Gasteiger partial charge in [-0.2, -0.15) is 8.42 Å². The van der Waals surface area contributed by atoms with Crippen LogP contribution in [0.15, 0.2) is 0 Å². The van der Waals surface area contributed by atoms with Crippen molar-refractivity contribution in [3.8, 4) is 0 Å². The molecule has 0 aliphatic carbocycles. The molecule has 1 radical (unpaired) electrons. The van der Waals surface area contributed by atoms with Crippen LogP contribution in [0.5, 0.6) is 0 Å². The Hall–Kier alpha value is -0.620. The van der Waals surface area contributed by atoms with E-state index < -0.39 is 15.1 Å². The fourth-order valence-electron chi connectivity index (χ4n) is 0.153. The van der Waals surface area contributed by atoms with Gasteiger partial charge >= 0.3 is 16.6 Å². The molecule has 0 amide bonds. The molecule has 6 heteroatoms. The third kappa shape index (κ3) is 1.96. The van der Waals surface area contributed by atoms with Crippen molar-refractivity contribution in [1.82, 2.24) is 0 Å². The van der Waals surface area contributed by atoms with Crippen molar-refractivity contribution in [2.75, 3.05) is 0 Å². The maximum atomic E-state index is 10.3. The van der Waals surface area contributed by atoms with Crippen LogP contribution in [0.2, 0.25) is 0 Å². The highest BCUT2D eigenvalue weighted by atomic mass is 32.2. The van der Waals surface area contributed by atoms with E-state index in [1.807, 2.05) is 0 Å². The van der Waals surface area contributed by atoms with Crippen LogP contribution in [0, 0.1) is 0 Å². The first kappa shape index (κ1) is 9.38. The zero-order valence-corrected chi connectivity index (χ0v) is 6.30. The zero-order chi connectivity index (χ0) is 8.41. The Bertz CT molecular complexity index is 214. The molecule has 0 unspecified atom stereocenters. The first-order chi connectivity index (χ1) is 4.31. The van der Waals surface area contributed by atoms with Crippen LogP contribution in [-0.4, -0.2) is 24.4 Å². The maximum absolute atomic E-state index is 10.3. The van der Waals surface area contributed by atoms with Crippen LogP contribution in [0.25, 0.3) is 0 Å². The Kier molecular flexibility index (Phi) is 2.39. The largest absolute Gasteiger partial charge is 0.432 e. The lowest BCUT2D eigenvalue weighted by Crippen LogP contribution is -2.33. The topological polar surface area (TPSA) is 80.7 Å². The monoisotopic (exact) mass is 167 g/mol. The van der Waals surface area contributed by atoms with E-state index in [-0.39, 0.29) is 0 Å². The highest BCUT2D eigenvalue weighted by Gasteiger charge is 2.34. The minimum atomic E-state index is -4.35. The van der Waals surface area contributed by atoms with E-state index in [0.717, 1.165) is 20.3 Å². The molecule has 0 rings (SSSR count). The Morgan fingerprint density at radius 3 is 2.00 bits per heavy atom. The predicted molar refractivity (Wildman–Crippen MR) is 32.4 cm³/mol. The van der Waals surface area contributed by atoms with E-state index in [4.69, 9.17) is 4.55 Å². The van der Waals surface area contributed by atoms with E-state index in [1.54, 1.807) is 0 Å². The van der Waals surface area contributed by atoms with Gasteiger partial charge in [0.15, 0.2) is 0 Å². The quantitative estimate of drug-likeness (QED) is 0.583. The summed E-state index contributed by atoms with van der Waals surface area (Å²) < 4.78 is 32.9. The van der Waals surface area contributed by atoms with Gasteiger partial charge in [-0.1, -0.05) is 0 Å². The minimum Gasteiger partial charge on any atom is -0.432 e. The van der Waals surface area contributed by atoms with Gasteiger partial charge < -0.3 is 4.74 Å². The number of ether oxygens (including phenoxy) is 1. The van der Waals surface area contributed by atoms with E-state index in [1.165, 1.54) is 0 Å². The van der Waals surface area contributed by atoms with E-state index >= 15 is 0 Å². The molecule has 5 nitrogen and oxygen atoms in total. The third-order valence-electron chi connectivity index (χ3n) is 0.909. The molecule has 0 aliphatic rings. The fourth-order valence-corrected chi connectivity index (χ4v) is 0.292. The highest BCUT2D eigenvalue weighted by molar-refractivity contribution is 7.87. The van der Waals surface area contributed by atoms with Gasteiger partial charge in [-0.3, -0.25) is 4.55 Å². The fraction of sp³-hybridized carbons (Fsp3) is 0.750. The highest BCUT2D eigenvalue weighted by Crippen LogP contribution is 2.14. The zero-order valence-electron chi connectivity index (χ0n) is 5.49. The third-order valence-corrected chi connectivity index (χ3v) is 2.23. The average Bonchev–Trinajstić information content (AvgIpc) is 1.61. The molecule has 10 heavy (non-hydrogen) atoms. The van der Waals surface area contributed by atoms with Crippen molar-refractivity contribution in [3.63, 3.8) is 0 Å². The lowest BCUT2D eigenvalue weighted by molar-refractivity contribution is 0.155. The van der Waals surface area contributed by atoms with Gasteiger partial charge in [-0.05, 0) is 13.8 Å². The van der Waals surface area contributed by atoms with Crippen LogP contribution in [0.4, 0.5) is 0 Å². The van der Waals surface area contributed by atoms with Gasteiger partial charge in [-0.25, -0.2) is 4.79 Å². The number of hydrogen-bond donors (Lipinski definition) is 1. The summed E-state index contributed by atoms with van der Waals surface area (Å²) in [7, 11) is -4.35. The molecule has 0 saturated carbocycles. The second kappa shape index (κ2) is 2.55. The van der Waals surface area contributed by atoms with Crippen LogP contribution in [0.1, 0.15) is 13.8 Å². The van der Waals surface area contributed by atoms with E-state index in [9.17, 15) is 13.2 Å². The van der Waals surface area contributed by atoms with Crippen molar-refractivity contribution < 1.29 is 22.5 Å². The van der Waals surface area contributed by atoms with Gasteiger partial charge in [0.25, 0.3) is 0 Å². The van der Waals surface area contributed by atoms with Gasteiger partial charge in [0.05, 0.1) is 0 Å². The summed E-state index contributed by atoms with van der Waals surface area (Å²) >= 11 is 0. The average molecular weight is 167 g/mol. The first-order valence-corrected chi connectivity index (χ1v) is 3.77. The number of rotatable bonds is 3. The Morgan fingerprint density at radius 1 is 1.50 bits per heavy atom. The van der Waals surface area contributed by atoms with Crippen molar-refractivity contribution >= 4 is 16.6 Å². The molecule has 0 aromatic rings. The molecule has 0 aromatic heterocycles. The number of carbonyl (C=O) groups excluding carboxylic acids is 1. The van der Waals surface area contributed by atoms with Crippen molar-refractivity contribution in [2.24, 2.45) is 0 Å². The first-order valence-electron chi connectivity index (χ1n) is 2.33. The lowest BCUT2D eigenvalue weighted by Gasteiger charge is -2.16. The molecule has 1 N–H and O–H groups in total. The summed E-state index contributed by atoms with van der Waals surface area (Å²) in [5.74, 6) is 0. The lowest BCUT2D eigenvalue weighted by atomic mass is 10.5. The second-order valence-corrected chi connectivity index (χ2v) is 3.99. The Balaban J connectivity index is 4.57. The predicted octanol–water partition coefficient (Wildman–Crippen LogP) is -0.306. The molecule has 0 aromatic carbocycles. The van der Waals surface area contributed by atoms with Crippen LogP contribution in [-0.2, 0) is 19.6 Å². The van der Waals surface area contributed by atoms with Crippen molar-refractivity contribution in [3.05, 3.63) is 0 Å². The summed E-state index contributed by atoms with van der Waals surface area (Å²) in [6, 6.07) is 0. The smallest absolute Gasteiger partial charge is 0.419 e. The summed E-state index contributed by atoms with van der Waals surface area (Å²) in [5, 5.41) is 0. The van der Waals surface area contributed by atoms with Gasteiger partial charge in [0, 0.05) is 0 Å². The van der Waals surface area contributed by atoms with Crippen LogP contribution >= 0.6 is 0 Å². The van der Waals surface area contributed by atoms with Crippen LogP contribution < -0.4 is 0 Å². The molecule has 0 aliphatic heterocycles. The second-order valence-electron chi connectivity index (χ2n) is 2.06. The normalized spacial score (nSPS) is 12.7. The molecule has 59 valence electrons. The molecule has 0 heterocycles. The summed E-state index contributed by atoms with van der Waals surface area (Å²) in [6.45, 7) is 3.00. The molecule has 0 spiro atoms. The number of hydrogen-bond acceptors (Lipinski definition) is 4. The van der Waals surface area contributed by atoms with E-state index in [0.29, 0.717) is 0 Å². The summed E-state index contributed by atoms with van der Waals surface area (Å²) in [5.41, 5.74) is 0. The van der Waals surface area contributed by atoms with Gasteiger partial charge in [0.2, 0.25) is 4.93 Å². The molecule has 0 atom stereocenters. The van der Waals surface area contributed by atoms with Gasteiger partial charge in [0.1, 0.15) is 0 Å². The van der Waals surface area contributed by atoms with Crippen LogP contribution in [0.3, 0.4) is 0 Å². The molecule has 0 bridgehead atoms. The summed E-state index contributed by atoms with van der Waals surface area (Å²) in [4.78, 5) is 7.64. The molecular formula is C4H7O5S.